The van der Waals surface area contributed by atoms with E-state index < -0.39 is 10.9 Å². The Hall–Kier alpha value is -2.95. The third-order valence-corrected chi connectivity index (χ3v) is 4.18. The van der Waals surface area contributed by atoms with Gasteiger partial charge >= 0.3 is 0 Å². The van der Waals surface area contributed by atoms with Gasteiger partial charge in [0.15, 0.2) is 0 Å². The van der Waals surface area contributed by atoms with Crippen molar-refractivity contribution < 1.29 is 0 Å². The highest BCUT2D eigenvalue weighted by Gasteiger charge is 2.21. The number of benzene rings is 1. The molecule has 0 aliphatic rings. The summed E-state index contributed by atoms with van der Waals surface area (Å²) < 4.78 is 0. The van der Waals surface area contributed by atoms with Gasteiger partial charge in [-0.2, -0.15) is 0 Å². The molecular formula is C20H21N3O2. The molecule has 0 bridgehead atoms. The number of aromatic nitrogens is 1. The van der Waals surface area contributed by atoms with Crippen LogP contribution in [0.4, 0.5) is 11.4 Å². The summed E-state index contributed by atoms with van der Waals surface area (Å²) >= 11 is 0. The van der Waals surface area contributed by atoms with Crippen LogP contribution in [0.1, 0.15) is 24.6 Å². The minimum atomic E-state index is -0.464. The zero-order valence-electron chi connectivity index (χ0n) is 14.2. The van der Waals surface area contributed by atoms with E-state index in [9.17, 15) is 9.59 Å². The second-order valence-electron chi connectivity index (χ2n) is 6.15. The Morgan fingerprint density at radius 3 is 2.40 bits per heavy atom. The van der Waals surface area contributed by atoms with E-state index in [2.05, 4.69) is 27.8 Å². The lowest BCUT2D eigenvalue weighted by Gasteiger charge is -2.19. The van der Waals surface area contributed by atoms with Crippen LogP contribution in [-0.2, 0) is 13.0 Å². The second kappa shape index (κ2) is 7.75. The molecule has 1 heterocycles. The maximum Gasteiger partial charge on any atom is 0.253 e. The predicted octanol–water partition coefficient (Wildman–Crippen LogP) is 2.72. The average Bonchev–Trinajstić information content (AvgIpc) is 2.67. The average molecular weight is 335 g/mol. The quantitative estimate of drug-likeness (QED) is 0.619. The van der Waals surface area contributed by atoms with Crippen LogP contribution in [-0.4, -0.2) is 11.0 Å². The minimum absolute atomic E-state index is 0.0962. The number of nitrogens with one attached hydrogen (secondary N) is 2. The molecule has 0 aliphatic heterocycles. The molecule has 3 rings (SSSR count). The van der Waals surface area contributed by atoms with E-state index in [1.165, 1.54) is 5.56 Å². The largest absolute Gasteiger partial charge is 0.377 e. The molecule has 1 unspecified atom stereocenters. The van der Waals surface area contributed by atoms with Crippen LogP contribution in [0.25, 0.3) is 0 Å². The van der Waals surface area contributed by atoms with E-state index in [-0.39, 0.29) is 6.04 Å². The summed E-state index contributed by atoms with van der Waals surface area (Å²) in [6, 6.07) is 15.9. The van der Waals surface area contributed by atoms with Gasteiger partial charge in [0.2, 0.25) is 0 Å². The maximum atomic E-state index is 11.9. The zero-order valence-corrected chi connectivity index (χ0v) is 14.2. The van der Waals surface area contributed by atoms with Crippen molar-refractivity contribution in [3.05, 3.63) is 86.4 Å². The third kappa shape index (κ3) is 4.12. The Kier molecular flexibility index (Phi) is 5.23. The van der Waals surface area contributed by atoms with Crippen molar-refractivity contribution in [2.45, 2.75) is 32.4 Å². The molecule has 128 valence electrons. The van der Waals surface area contributed by atoms with E-state index in [1.807, 2.05) is 43.3 Å². The SMILES string of the molecule is CC(CCc1ccccc1)Nc1c(NCc2ccccn2)c(=O)c1=O. The van der Waals surface area contributed by atoms with E-state index >= 15 is 0 Å². The molecule has 25 heavy (non-hydrogen) atoms. The van der Waals surface area contributed by atoms with Crippen LogP contribution in [0.15, 0.2) is 64.3 Å². The van der Waals surface area contributed by atoms with Crippen molar-refractivity contribution in [2.75, 3.05) is 10.6 Å². The van der Waals surface area contributed by atoms with Crippen molar-refractivity contribution in [1.29, 1.82) is 0 Å². The first-order chi connectivity index (χ1) is 12.1. The predicted molar refractivity (Wildman–Crippen MR) is 101 cm³/mol. The van der Waals surface area contributed by atoms with Gasteiger partial charge < -0.3 is 10.6 Å². The summed E-state index contributed by atoms with van der Waals surface area (Å²) in [5.74, 6) is 0. The van der Waals surface area contributed by atoms with E-state index in [1.54, 1.807) is 6.20 Å². The Balaban J connectivity index is 1.58. The van der Waals surface area contributed by atoms with Crippen molar-refractivity contribution in [1.82, 2.24) is 4.98 Å². The maximum absolute atomic E-state index is 11.9. The summed E-state index contributed by atoms with van der Waals surface area (Å²) in [5.41, 5.74) is 1.92. The summed E-state index contributed by atoms with van der Waals surface area (Å²) in [6.45, 7) is 2.43. The second-order valence-corrected chi connectivity index (χ2v) is 6.15. The molecule has 2 N–H and O–H groups in total. The van der Waals surface area contributed by atoms with Crippen molar-refractivity contribution in [2.24, 2.45) is 0 Å². The van der Waals surface area contributed by atoms with Gasteiger partial charge in [-0.25, -0.2) is 0 Å². The lowest BCUT2D eigenvalue weighted by atomic mass is 10.1. The van der Waals surface area contributed by atoms with Crippen LogP contribution in [0.3, 0.4) is 0 Å². The zero-order chi connectivity index (χ0) is 17.6. The lowest BCUT2D eigenvalue weighted by molar-refractivity contribution is 0.704. The van der Waals surface area contributed by atoms with Gasteiger partial charge in [0.05, 0.1) is 12.2 Å². The Bertz CT molecular complexity index is 884. The minimum Gasteiger partial charge on any atom is -0.377 e. The summed E-state index contributed by atoms with van der Waals surface area (Å²) in [5, 5.41) is 6.21. The Labute approximate surface area is 146 Å². The van der Waals surface area contributed by atoms with Crippen LogP contribution in [0, 0.1) is 0 Å². The molecule has 0 radical (unpaired) electrons. The molecule has 0 aliphatic carbocycles. The fourth-order valence-electron chi connectivity index (χ4n) is 2.73. The molecule has 1 atom stereocenters. The number of pyridine rings is 1. The van der Waals surface area contributed by atoms with Gasteiger partial charge in [0.1, 0.15) is 11.4 Å². The van der Waals surface area contributed by atoms with Crippen molar-refractivity contribution in [3.63, 3.8) is 0 Å². The van der Waals surface area contributed by atoms with Crippen LogP contribution in [0.5, 0.6) is 0 Å². The van der Waals surface area contributed by atoms with Gasteiger partial charge in [-0.1, -0.05) is 36.4 Å². The molecule has 3 aromatic rings. The number of nitrogens with zero attached hydrogens (tertiary/aromatic N) is 1. The first-order valence-corrected chi connectivity index (χ1v) is 8.42. The standard InChI is InChI=1S/C20H21N3O2/c1-14(10-11-15-7-3-2-4-8-15)23-18-17(19(24)20(18)25)22-13-16-9-5-6-12-21-16/h2-9,12,14,22-23H,10-11,13H2,1H3. The number of hydrogen-bond donors (Lipinski definition) is 2. The monoisotopic (exact) mass is 335 g/mol. The summed E-state index contributed by atoms with van der Waals surface area (Å²) in [7, 11) is 0. The Morgan fingerprint density at radius 2 is 1.68 bits per heavy atom. The van der Waals surface area contributed by atoms with Crippen LogP contribution >= 0.6 is 0 Å². The molecule has 2 aromatic carbocycles. The smallest absolute Gasteiger partial charge is 0.253 e. The molecule has 5 nitrogen and oxygen atoms in total. The van der Waals surface area contributed by atoms with E-state index in [4.69, 9.17) is 0 Å². The molecule has 1 aromatic heterocycles. The fraction of sp³-hybridized carbons (Fsp3) is 0.250. The van der Waals surface area contributed by atoms with Gasteiger partial charge in [-0.15, -0.1) is 0 Å². The highest BCUT2D eigenvalue weighted by molar-refractivity contribution is 5.74. The van der Waals surface area contributed by atoms with Crippen molar-refractivity contribution >= 4 is 11.4 Å². The Morgan fingerprint density at radius 1 is 0.960 bits per heavy atom. The van der Waals surface area contributed by atoms with Gasteiger partial charge in [-0.05, 0) is 37.5 Å². The highest BCUT2D eigenvalue weighted by atomic mass is 16.2. The normalized spacial score (nSPS) is 12.0. The van der Waals surface area contributed by atoms with Gasteiger partial charge in [0.25, 0.3) is 10.9 Å². The number of rotatable bonds is 8. The summed E-state index contributed by atoms with van der Waals surface area (Å²) in [4.78, 5) is 27.9. The van der Waals surface area contributed by atoms with Gasteiger partial charge in [-0.3, -0.25) is 14.6 Å². The van der Waals surface area contributed by atoms with Crippen molar-refractivity contribution in [3.8, 4) is 0 Å². The first-order valence-electron chi connectivity index (χ1n) is 8.42. The first kappa shape index (κ1) is 16.9. The number of anilines is 2. The van der Waals surface area contributed by atoms with Crippen LogP contribution < -0.4 is 21.5 Å². The van der Waals surface area contributed by atoms with E-state index in [0.717, 1.165) is 18.5 Å². The summed E-state index contributed by atoms with van der Waals surface area (Å²) in [6.07, 6.45) is 3.49. The molecule has 5 heteroatoms. The topological polar surface area (TPSA) is 71.1 Å². The number of aryl methyl sites for hydroxylation is 1. The molecule has 0 spiro atoms. The fourth-order valence-corrected chi connectivity index (χ4v) is 2.73. The highest BCUT2D eigenvalue weighted by Crippen LogP contribution is 2.18. The molecule has 0 amide bonds. The number of hydrogen-bond acceptors (Lipinski definition) is 5. The molecule has 0 fully saturated rings. The van der Waals surface area contributed by atoms with Crippen LogP contribution in [0.2, 0.25) is 0 Å². The molecular weight excluding hydrogens is 314 g/mol. The third-order valence-electron chi connectivity index (χ3n) is 4.18. The molecule has 0 saturated carbocycles. The van der Waals surface area contributed by atoms with E-state index in [0.29, 0.717) is 17.9 Å². The lowest BCUT2D eigenvalue weighted by Crippen LogP contribution is -2.39. The molecule has 0 saturated heterocycles. The van der Waals surface area contributed by atoms with Gasteiger partial charge in [0, 0.05) is 12.2 Å².